The second-order valence-corrected chi connectivity index (χ2v) is 8.60. The maximum Gasteiger partial charge on any atom is 0.416 e. The van der Waals surface area contributed by atoms with E-state index < -0.39 is 59.5 Å². The molecule has 0 aliphatic carbocycles. The number of carbonyl (C=O) groups is 3. The van der Waals surface area contributed by atoms with E-state index in [1.165, 1.54) is 30.4 Å². The molecule has 222 valence electrons. The number of hydrogen-bond donors (Lipinski definition) is 1. The third-order valence-corrected chi connectivity index (χ3v) is 5.47. The Morgan fingerprint density at radius 3 is 2.10 bits per heavy atom. The highest BCUT2D eigenvalue weighted by molar-refractivity contribution is 5.93. The fourth-order valence-electron chi connectivity index (χ4n) is 3.54. The van der Waals surface area contributed by atoms with Gasteiger partial charge in [-0.3, -0.25) is 4.79 Å². The van der Waals surface area contributed by atoms with Crippen molar-refractivity contribution >= 4 is 17.8 Å². The predicted molar refractivity (Wildman–Crippen MR) is 135 cm³/mol. The van der Waals surface area contributed by atoms with E-state index in [0.29, 0.717) is 24.1 Å². The van der Waals surface area contributed by atoms with Crippen LogP contribution in [0, 0.1) is 0 Å². The summed E-state index contributed by atoms with van der Waals surface area (Å²) in [5.41, 5.74) is -3.55. The fraction of sp³-hybridized carbons (Fsp3) is 0.321. The number of carbonyl (C=O) groups excluding carboxylic acids is 3. The average molecular weight is 588 g/mol. The first-order valence-electron chi connectivity index (χ1n) is 12.0. The van der Waals surface area contributed by atoms with Crippen LogP contribution in [0.15, 0.2) is 61.7 Å². The van der Waals surface area contributed by atoms with E-state index >= 15 is 0 Å². The first-order valence-corrected chi connectivity index (χ1v) is 12.0. The minimum absolute atomic E-state index is 0.0247. The normalized spacial score (nSPS) is 12.2. The summed E-state index contributed by atoms with van der Waals surface area (Å²) < 4.78 is 94.3. The minimum atomic E-state index is -5.07. The lowest BCUT2D eigenvalue weighted by atomic mass is 10.0. The van der Waals surface area contributed by atoms with Crippen molar-refractivity contribution in [3.63, 3.8) is 0 Å². The van der Waals surface area contributed by atoms with Crippen molar-refractivity contribution in [3.05, 3.63) is 89.5 Å². The summed E-state index contributed by atoms with van der Waals surface area (Å²) in [7, 11) is 1.12. The molecule has 0 spiro atoms. The van der Waals surface area contributed by atoms with Gasteiger partial charge in [0.05, 0.1) is 18.2 Å². The van der Waals surface area contributed by atoms with E-state index in [-0.39, 0.29) is 36.8 Å². The molecule has 0 unspecified atom stereocenters. The molecule has 2 aromatic rings. The summed E-state index contributed by atoms with van der Waals surface area (Å²) in [5.74, 6) is -2.37. The molecule has 2 aromatic carbocycles. The summed E-state index contributed by atoms with van der Waals surface area (Å²) >= 11 is 0. The molecule has 0 saturated heterocycles. The molecule has 0 heterocycles. The van der Waals surface area contributed by atoms with Gasteiger partial charge in [-0.1, -0.05) is 24.8 Å². The van der Waals surface area contributed by atoms with Crippen LogP contribution in [-0.4, -0.2) is 37.6 Å². The molecular weight excluding hydrogens is 560 g/mol. The molecule has 1 N–H and O–H groups in total. The van der Waals surface area contributed by atoms with Crippen LogP contribution in [0.5, 0.6) is 5.75 Å². The second-order valence-electron chi connectivity index (χ2n) is 8.60. The van der Waals surface area contributed by atoms with Crippen molar-refractivity contribution in [2.24, 2.45) is 0 Å². The number of ether oxygens (including phenoxy) is 3. The first-order chi connectivity index (χ1) is 19.2. The lowest BCUT2D eigenvalue weighted by Crippen LogP contribution is -2.43. The average Bonchev–Trinajstić information content (AvgIpc) is 2.92. The zero-order chi connectivity index (χ0) is 30.8. The number of rotatable bonds is 13. The number of nitrogens with one attached hydrogen (secondary N) is 1. The molecule has 0 aromatic heterocycles. The summed E-state index contributed by atoms with van der Waals surface area (Å²) in [5, 5.41) is 2.52. The molecular formula is C28H27F6NO6. The molecule has 2 rings (SSSR count). The Kier molecular flexibility index (Phi) is 11.5. The second kappa shape index (κ2) is 14.4. The van der Waals surface area contributed by atoms with E-state index in [1.54, 1.807) is 0 Å². The van der Waals surface area contributed by atoms with Crippen molar-refractivity contribution in [3.8, 4) is 5.75 Å². The number of alkyl halides is 6. The van der Waals surface area contributed by atoms with E-state index in [0.717, 1.165) is 7.11 Å². The molecule has 1 amide bonds. The smallest absolute Gasteiger partial charge is 0.416 e. The van der Waals surface area contributed by atoms with Gasteiger partial charge in [-0.25, -0.2) is 9.59 Å². The summed E-state index contributed by atoms with van der Waals surface area (Å²) in [6.45, 7) is 6.05. The molecule has 0 aliphatic rings. The Morgan fingerprint density at radius 2 is 1.56 bits per heavy atom. The zero-order valence-corrected chi connectivity index (χ0v) is 21.9. The Labute approximate surface area is 231 Å². The summed E-state index contributed by atoms with van der Waals surface area (Å²) in [6, 6.07) is 3.84. The molecule has 1 atom stereocenters. The standard InChI is InChI=1S/C28H27F6NO6/c1-4-6-7-24(36)35-22(26(38)39-3)14-17-8-9-23(40-10-5-2)21(13-17)25(37)41-16-18-11-19(27(29,30)31)15-20(12-18)28(32,33)34/h4-5,8-9,11-13,15,22H,1-2,6-7,10,14,16H2,3H3,(H,35,36)/t22-/m0/s1. The van der Waals surface area contributed by atoms with Crippen molar-refractivity contribution < 1.29 is 54.9 Å². The van der Waals surface area contributed by atoms with Crippen LogP contribution in [-0.2, 0) is 44.4 Å². The van der Waals surface area contributed by atoms with E-state index in [1.807, 2.05) is 0 Å². The molecule has 0 fully saturated rings. The highest BCUT2D eigenvalue weighted by Gasteiger charge is 2.37. The Balaban J connectivity index is 2.35. The van der Waals surface area contributed by atoms with Gasteiger partial charge in [-0.05, 0) is 47.9 Å². The number of halogens is 6. The molecule has 7 nitrogen and oxygen atoms in total. The van der Waals surface area contributed by atoms with Crippen molar-refractivity contribution in [1.29, 1.82) is 0 Å². The van der Waals surface area contributed by atoms with Gasteiger partial charge in [0.15, 0.2) is 0 Å². The largest absolute Gasteiger partial charge is 0.489 e. The third-order valence-electron chi connectivity index (χ3n) is 5.47. The van der Waals surface area contributed by atoms with E-state index in [2.05, 4.69) is 18.5 Å². The zero-order valence-electron chi connectivity index (χ0n) is 21.9. The fourth-order valence-corrected chi connectivity index (χ4v) is 3.54. The first kappa shape index (κ1) is 32.9. The quantitative estimate of drug-likeness (QED) is 0.181. The van der Waals surface area contributed by atoms with E-state index in [9.17, 15) is 40.7 Å². The maximum absolute atomic E-state index is 13.2. The summed E-state index contributed by atoms with van der Waals surface area (Å²) in [6.07, 6.45) is -6.95. The number of esters is 2. The van der Waals surface area contributed by atoms with Crippen LogP contribution in [0.1, 0.15) is 45.5 Å². The monoisotopic (exact) mass is 587 g/mol. The van der Waals surface area contributed by atoms with Crippen LogP contribution in [0.4, 0.5) is 26.3 Å². The van der Waals surface area contributed by atoms with Gasteiger partial charge in [0.2, 0.25) is 5.91 Å². The Hall–Kier alpha value is -4.29. The Morgan fingerprint density at radius 1 is 0.927 bits per heavy atom. The van der Waals surface area contributed by atoms with Crippen molar-refractivity contribution in [1.82, 2.24) is 5.32 Å². The molecule has 41 heavy (non-hydrogen) atoms. The number of methoxy groups -OCH3 is 1. The number of allylic oxidation sites excluding steroid dienone is 1. The molecule has 0 radical (unpaired) electrons. The number of amides is 1. The molecule has 0 saturated carbocycles. The van der Waals surface area contributed by atoms with Gasteiger partial charge in [0, 0.05) is 12.8 Å². The Bertz CT molecular complexity index is 1240. The van der Waals surface area contributed by atoms with Crippen LogP contribution in [0.25, 0.3) is 0 Å². The lowest BCUT2D eigenvalue weighted by molar-refractivity contribution is -0.145. The van der Waals surface area contributed by atoms with Gasteiger partial charge >= 0.3 is 24.3 Å². The van der Waals surface area contributed by atoms with Gasteiger partial charge in [-0.2, -0.15) is 26.3 Å². The highest BCUT2D eigenvalue weighted by Crippen LogP contribution is 2.36. The molecule has 0 aliphatic heterocycles. The lowest BCUT2D eigenvalue weighted by Gasteiger charge is -2.18. The van der Waals surface area contributed by atoms with Gasteiger partial charge in [-0.15, -0.1) is 6.58 Å². The minimum Gasteiger partial charge on any atom is -0.489 e. The SMILES string of the molecule is C=CCCC(=O)N[C@@H](Cc1ccc(OCC=C)c(C(=O)OCc2cc(C(F)(F)F)cc(C(F)(F)F)c2)c1)C(=O)OC. The highest BCUT2D eigenvalue weighted by atomic mass is 19.4. The third kappa shape index (κ3) is 10.00. The van der Waals surface area contributed by atoms with Crippen molar-refractivity contribution in [2.45, 2.75) is 44.3 Å². The van der Waals surface area contributed by atoms with Crippen LogP contribution < -0.4 is 10.1 Å². The van der Waals surface area contributed by atoms with Crippen LogP contribution in [0.3, 0.4) is 0 Å². The predicted octanol–water partition coefficient (Wildman–Crippen LogP) is 5.81. The molecule has 13 heteroatoms. The van der Waals surface area contributed by atoms with Gasteiger partial charge in [0.1, 0.15) is 30.6 Å². The van der Waals surface area contributed by atoms with Gasteiger partial charge < -0.3 is 19.5 Å². The number of benzene rings is 2. The van der Waals surface area contributed by atoms with E-state index in [4.69, 9.17) is 14.2 Å². The van der Waals surface area contributed by atoms with Gasteiger partial charge in [0.25, 0.3) is 0 Å². The van der Waals surface area contributed by atoms with Crippen LogP contribution >= 0.6 is 0 Å². The topological polar surface area (TPSA) is 90.9 Å². The van der Waals surface area contributed by atoms with Crippen LogP contribution in [0.2, 0.25) is 0 Å². The summed E-state index contributed by atoms with van der Waals surface area (Å²) in [4.78, 5) is 37.4. The van der Waals surface area contributed by atoms with Crippen molar-refractivity contribution in [2.75, 3.05) is 13.7 Å². The maximum atomic E-state index is 13.2. The molecule has 0 bridgehead atoms. The number of hydrogen-bond acceptors (Lipinski definition) is 6.